The second kappa shape index (κ2) is 35.3. The highest BCUT2D eigenvalue weighted by atomic mass is 35.5. The van der Waals surface area contributed by atoms with Crippen LogP contribution in [0.3, 0.4) is 0 Å². The first-order chi connectivity index (χ1) is 19.3. The van der Waals surface area contributed by atoms with Crippen LogP contribution in [-0.4, -0.2) is 162 Å². The number of aliphatic carboxylic acids is 1. The van der Waals surface area contributed by atoms with Crippen LogP contribution < -0.4 is 0 Å². The third-order valence-electron chi connectivity index (χ3n) is 4.40. The number of carboxylic acid groups (broad SMARTS) is 1. The van der Waals surface area contributed by atoms with Crippen LogP contribution in [0.5, 0.6) is 0 Å². The highest BCUT2D eigenvalue weighted by Crippen LogP contribution is 1.88. The maximum absolute atomic E-state index is 10.3. The van der Waals surface area contributed by atoms with Crippen LogP contribution in [-0.2, 0) is 56.9 Å². The lowest BCUT2D eigenvalue weighted by molar-refractivity contribution is -0.138. The zero-order valence-corrected chi connectivity index (χ0v) is 24.0. The second-order valence-corrected chi connectivity index (χ2v) is 7.95. The molecule has 1 N–H and O–H groups in total. The topological polar surface area (TPSA) is 139 Å². The molecule has 14 heteroatoms. The van der Waals surface area contributed by atoms with Gasteiger partial charge in [-0.05, 0) is 0 Å². The summed E-state index contributed by atoms with van der Waals surface area (Å²) in [6.45, 7) is 10.5. The maximum atomic E-state index is 10.3. The van der Waals surface area contributed by atoms with E-state index in [1.54, 1.807) is 0 Å². The summed E-state index contributed by atoms with van der Waals surface area (Å²) < 4.78 is 58.9. The van der Waals surface area contributed by atoms with E-state index in [0.29, 0.717) is 145 Å². The SMILES string of the molecule is O=C(O)CCOCCOCCOCCOCCOCCOCCOCCOCCOCCOCCOCCCl. The summed E-state index contributed by atoms with van der Waals surface area (Å²) in [7, 11) is 0. The molecule has 0 aliphatic carbocycles. The standard InChI is InChI=1S/C25H49ClO13/c26-2-4-30-6-8-32-10-12-34-14-16-36-18-20-38-22-24-39-23-21-37-19-17-35-15-13-33-11-9-31-7-5-29-3-1-25(27)28/h1-24H2,(H,27,28). The van der Waals surface area contributed by atoms with E-state index < -0.39 is 5.97 Å². The molecule has 0 fully saturated rings. The fraction of sp³-hybridized carbons (Fsp3) is 0.960. The Hall–Kier alpha value is -0.680. The monoisotopic (exact) mass is 592 g/mol. The van der Waals surface area contributed by atoms with E-state index in [-0.39, 0.29) is 13.0 Å². The predicted octanol–water partition coefficient (Wildman–Crippen LogP) is 0.883. The molecule has 0 heterocycles. The molecular formula is C25H49ClO13. The summed E-state index contributed by atoms with van der Waals surface area (Å²) in [6.07, 6.45) is -0.00102. The lowest BCUT2D eigenvalue weighted by Gasteiger charge is -2.09. The fourth-order valence-corrected chi connectivity index (χ4v) is 2.62. The van der Waals surface area contributed by atoms with Crippen LogP contribution in [0.1, 0.15) is 6.42 Å². The van der Waals surface area contributed by atoms with Crippen molar-refractivity contribution in [2.75, 3.05) is 151 Å². The van der Waals surface area contributed by atoms with Crippen LogP contribution in [0, 0.1) is 0 Å². The molecule has 39 heavy (non-hydrogen) atoms. The first-order valence-electron chi connectivity index (χ1n) is 13.4. The molecule has 0 aromatic heterocycles. The van der Waals surface area contributed by atoms with Crippen molar-refractivity contribution < 1.29 is 62.0 Å². The molecule has 0 amide bonds. The molecule has 0 aromatic rings. The predicted molar refractivity (Wildman–Crippen MR) is 142 cm³/mol. The highest BCUT2D eigenvalue weighted by molar-refractivity contribution is 6.17. The average Bonchev–Trinajstić information content (AvgIpc) is 2.93. The largest absolute Gasteiger partial charge is 0.481 e. The summed E-state index contributed by atoms with van der Waals surface area (Å²) >= 11 is 5.50. The molecule has 0 spiro atoms. The number of carbonyl (C=O) groups is 1. The van der Waals surface area contributed by atoms with E-state index in [2.05, 4.69) is 0 Å². The van der Waals surface area contributed by atoms with Gasteiger partial charge in [0.1, 0.15) is 0 Å². The third kappa shape index (κ3) is 37.3. The van der Waals surface area contributed by atoms with Crippen molar-refractivity contribution in [2.24, 2.45) is 0 Å². The molecule has 0 aliphatic heterocycles. The Morgan fingerprint density at radius 3 is 0.718 bits per heavy atom. The van der Waals surface area contributed by atoms with Crippen molar-refractivity contribution in [2.45, 2.75) is 6.42 Å². The molecule has 0 aromatic carbocycles. The van der Waals surface area contributed by atoms with Crippen molar-refractivity contribution in [1.82, 2.24) is 0 Å². The van der Waals surface area contributed by atoms with Crippen LogP contribution in [0.4, 0.5) is 0 Å². The number of alkyl halides is 1. The van der Waals surface area contributed by atoms with E-state index >= 15 is 0 Å². The van der Waals surface area contributed by atoms with Gasteiger partial charge in [0.15, 0.2) is 0 Å². The quantitative estimate of drug-likeness (QED) is 0.0823. The molecule has 0 saturated heterocycles. The minimum absolute atomic E-state index is 0.00102. The van der Waals surface area contributed by atoms with E-state index in [1.165, 1.54) is 0 Å². The molecular weight excluding hydrogens is 544 g/mol. The van der Waals surface area contributed by atoms with Crippen LogP contribution in [0.25, 0.3) is 0 Å². The minimum Gasteiger partial charge on any atom is -0.481 e. The van der Waals surface area contributed by atoms with E-state index in [1.807, 2.05) is 0 Å². The zero-order chi connectivity index (χ0) is 28.3. The smallest absolute Gasteiger partial charge is 0.305 e. The van der Waals surface area contributed by atoms with Crippen molar-refractivity contribution in [1.29, 1.82) is 0 Å². The Balaban J connectivity index is 3.02. The Labute approximate surface area is 237 Å². The maximum Gasteiger partial charge on any atom is 0.305 e. The van der Waals surface area contributed by atoms with Gasteiger partial charge in [-0.3, -0.25) is 4.79 Å². The number of ether oxygens (including phenoxy) is 11. The van der Waals surface area contributed by atoms with Gasteiger partial charge in [-0.15, -0.1) is 11.6 Å². The summed E-state index contributed by atoms with van der Waals surface area (Å²) in [5.74, 6) is -0.380. The van der Waals surface area contributed by atoms with Crippen molar-refractivity contribution >= 4 is 17.6 Å². The molecule has 0 atom stereocenters. The molecule has 0 rings (SSSR count). The molecule has 234 valence electrons. The summed E-state index contributed by atoms with van der Waals surface area (Å²) in [4.78, 5) is 10.3. The number of halogens is 1. The Kier molecular flexibility index (Phi) is 34.7. The zero-order valence-electron chi connectivity index (χ0n) is 23.2. The van der Waals surface area contributed by atoms with Gasteiger partial charge < -0.3 is 57.2 Å². The van der Waals surface area contributed by atoms with Crippen LogP contribution in [0.15, 0.2) is 0 Å². The first-order valence-corrected chi connectivity index (χ1v) is 13.9. The number of hydrogen-bond donors (Lipinski definition) is 1. The Bertz CT molecular complexity index is 477. The van der Waals surface area contributed by atoms with Crippen molar-refractivity contribution in [3.8, 4) is 0 Å². The normalized spacial score (nSPS) is 11.4. The molecule has 0 bridgehead atoms. The van der Waals surface area contributed by atoms with Gasteiger partial charge in [0.2, 0.25) is 0 Å². The lowest BCUT2D eigenvalue weighted by atomic mass is 10.5. The van der Waals surface area contributed by atoms with Crippen molar-refractivity contribution in [3.63, 3.8) is 0 Å². The Morgan fingerprint density at radius 2 is 0.538 bits per heavy atom. The van der Waals surface area contributed by atoms with Gasteiger partial charge in [0.05, 0.1) is 152 Å². The van der Waals surface area contributed by atoms with Gasteiger partial charge in [0.25, 0.3) is 0 Å². The fourth-order valence-electron chi connectivity index (χ4n) is 2.52. The van der Waals surface area contributed by atoms with Crippen LogP contribution >= 0.6 is 11.6 Å². The van der Waals surface area contributed by atoms with Gasteiger partial charge in [-0.25, -0.2) is 0 Å². The highest BCUT2D eigenvalue weighted by Gasteiger charge is 1.97. The van der Waals surface area contributed by atoms with Crippen molar-refractivity contribution in [3.05, 3.63) is 0 Å². The average molecular weight is 593 g/mol. The molecule has 0 aliphatic rings. The molecule has 0 radical (unpaired) electrons. The third-order valence-corrected chi connectivity index (χ3v) is 4.56. The molecule has 0 saturated carbocycles. The summed E-state index contributed by atoms with van der Waals surface area (Å²) in [5, 5.41) is 8.47. The minimum atomic E-state index is -0.874. The van der Waals surface area contributed by atoms with E-state index in [9.17, 15) is 4.79 Å². The lowest BCUT2D eigenvalue weighted by Crippen LogP contribution is -2.15. The summed E-state index contributed by atoms with van der Waals surface area (Å²) in [6, 6.07) is 0. The van der Waals surface area contributed by atoms with Crippen LogP contribution in [0.2, 0.25) is 0 Å². The first kappa shape index (κ1) is 38.3. The number of carboxylic acids is 1. The summed E-state index contributed by atoms with van der Waals surface area (Å²) in [5.41, 5.74) is 0. The van der Waals surface area contributed by atoms with E-state index in [4.69, 9.17) is 68.8 Å². The van der Waals surface area contributed by atoms with Gasteiger partial charge in [-0.2, -0.15) is 0 Å². The number of hydrogen-bond acceptors (Lipinski definition) is 12. The number of rotatable bonds is 35. The van der Waals surface area contributed by atoms with Gasteiger partial charge in [-0.1, -0.05) is 0 Å². The molecule has 0 unspecified atom stereocenters. The Morgan fingerprint density at radius 1 is 0.359 bits per heavy atom. The second-order valence-electron chi connectivity index (χ2n) is 7.57. The van der Waals surface area contributed by atoms with E-state index in [0.717, 1.165) is 0 Å². The molecule has 13 nitrogen and oxygen atoms in total. The van der Waals surface area contributed by atoms with Gasteiger partial charge in [0, 0.05) is 5.88 Å². The van der Waals surface area contributed by atoms with Gasteiger partial charge >= 0.3 is 5.97 Å².